The number of hydrogen-bond donors (Lipinski definition) is 1. The number of aryl methyl sites for hydroxylation is 2. The quantitative estimate of drug-likeness (QED) is 0.608. The standard InChI is InChI=1S/C18H19N7/c1-13-14(2)23-25-17(19-8-9-24-11-20-21-12-24)10-16(22-18(13)25)15-6-4-3-5-7-15/h3-7,10-12,19H,8-9H2,1-2H3. The molecule has 1 aromatic carbocycles. The summed E-state index contributed by atoms with van der Waals surface area (Å²) in [7, 11) is 0. The van der Waals surface area contributed by atoms with Crippen molar-refractivity contribution in [3.05, 3.63) is 60.3 Å². The Kier molecular flexibility index (Phi) is 3.89. The van der Waals surface area contributed by atoms with E-state index in [0.29, 0.717) is 0 Å². The SMILES string of the molecule is Cc1nn2c(NCCn3cnnc3)cc(-c3ccccc3)nc2c1C. The molecular weight excluding hydrogens is 314 g/mol. The monoisotopic (exact) mass is 333 g/mol. The molecule has 0 saturated carbocycles. The molecule has 3 heterocycles. The third kappa shape index (κ3) is 2.96. The second kappa shape index (κ2) is 6.35. The summed E-state index contributed by atoms with van der Waals surface area (Å²) in [6.07, 6.45) is 3.42. The van der Waals surface area contributed by atoms with Gasteiger partial charge in [-0.2, -0.15) is 9.61 Å². The van der Waals surface area contributed by atoms with Crippen LogP contribution in [0.5, 0.6) is 0 Å². The predicted molar refractivity (Wildman–Crippen MR) is 96.4 cm³/mol. The summed E-state index contributed by atoms with van der Waals surface area (Å²) in [6.45, 7) is 5.58. The molecule has 0 aliphatic carbocycles. The van der Waals surface area contributed by atoms with Crippen LogP contribution in [-0.2, 0) is 6.54 Å². The number of benzene rings is 1. The van der Waals surface area contributed by atoms with E-state index in [1.165, 1.54) is 0 Å². The lowest BCUT2D eigenvalue weighted by Crippen LogP contribution is -2.12. The van der Waals surface area contributed by atoms with Crippen molar-refractivity contribution in [1.82, 2.24) is 29.4 Å². The van der Waals surface area contributed by atoms with Crippen LogP contribution in [-0.4, -0.2) is 35.9 Å². The van der Waals surface area contributed by atoms with Crippen molar-refractivity contribution in [2.75, 3.05) is 11.9 Å². The van der Waals surface area contributed by atoms with Crippen LogP contribution < -0.4 is 5.32 Å². The van der Waals surface area contributed by atoms with Crippen molar-refractivity contribution in [3.8, 4) is 11.3 Å². The minimum atomic E-state index is 0.739. The van der Waals surface area contributed by atoms with E-state index in [1.54, 1.807) is 12.7 Å². The minimum Gasteiger partial charge on any atom is -0.368 e. The maximum atomic E-state index is 4.82. The van der Waals surface area contributed by atoms with Crippen LogP contribution in [0.15, 0.2) is 49.1 Å². The smallest absolute Gasteiger partial charge is 0.161 e. The first kappa shape index (κ1) is 15.3. The summed E-state index contributed by atoms with van der Waals surface area (Å²) in [5.74, 6) is 0.924. The van der Waals surface area contributed by atoms with Crippen molar-refractivity contribution in [3.63, 3.8) is 0 Å². The van der Waals surface area contributed by atoms with Gasteiger partial charge < -0.3 is 9.88 Å². The molecule has 0 amide bonds. The fourth-order valence-corrected chi connectivity index (χ4v) is 2.76. The number of aromatic nitrogens is 6. The lowest BCUT2D eigenvalue weighted by atomic mass is 10.1. The summed E-state index contributed by atoms with van der Waals surface area (Å²) in [6, 6.07) is 12.2. The van der Waals surface area contributed by atoms with Crippen LogP contribution in [0.4, 0.5) is 5.82 Å². The van der Waals surface area contributed by atoms with E-state index in [0.717, 1.165) is 47.1 Å². The van der Waals surface area contributed by atoms with E-state index in [1.807, 2.05) is 40.3 Å². The second-order valence-corrected chi connectivity index (χ2v) is 5.96. The van der Waals surface area contributed by atoms with E-state index >= 15 is 0 Å². The first-order valence-corrected chi connectivity index (χ1v) is 8.21. The highest BCUT2D eigenvalue weighted by Crippen LogP contribution is 2.24. The van der Waals surface area contributed by atoms with Crippen LogP contribution in [0, 0.1) is 13.8 Å². The number of rotatable bonds is 5. The Hall–Kier alpha value is -3.22. The summed E-state index contributed by atoms with van der Waals surface area (Å²) < 4.78 is 3.81. The summed E-state index contributed by atoms with van der Waals surface area (Å²) >= 11 is 0. The molecule has 0 bridgehead atoms. The molecule has 0 radical (unpaired) electrons. The lowest BCUT2D eigenvalue weighted by Gasteiger charge is -2.11. The zero-order chi connectivity index (χ0) is 17.2. The Labute approximate surface area is 145 Å². The zero-order valence-electron chi connectivity index (χ0n) is 14.2. The predicted octanol–water partition coefficient (Wildman–Crippen LogP) is 2.72. The molecule has 25 heavy (non-hydrogen) atoms. The molecule has 126 valence electrons. The molecular formula is C18H19N7. The topological polar surface area (TPSA) is 72.9 Å². The van der Waals surface area contributed by atoms with Gasteiger partial charge in [0.25, 0.3) is 0 Å². The Bertz CT molecular complexity index is 987. The molecule has 3 aromatic heterocycles. The van der Waals surface area contributed by atoms with E-state index in [9.17, 15) is 0 Å². The molecule has 0 unspecified atom stereocenters. The molecule has 4 rings (SSSR count). The fraction of sp³-hybridized carbons (Fsp3) is 0.222. The van der Waals surface area contributed by atoms with Gasteiger partial charge in [0.05, 0.1) is 11.4 Å². The largest absolute Gasteiger partial charge is 0.368 e. The molecule has 4 aromatic rings. The number of anilines is 1. The van der Waals surface area contributed by atoms with Gasteiger partial charge in [-0.05, 0) is 13.8 Å². The molecule has 0 fully saturated rings. The van der Waals surface area contributed by atoms with Crippen molar-refractivity contribution in [1.29, 1.82) is 0 Å². The van der Waals surface area contributed by atoms with Crippen LogP contribution >= 0.6 is 0 Å². The van der Waals surface area contributed by atoms with Gasteiger partial charge >= 0.3 is 0 Å². The van der Waals surface area contributed by atoms with Gasteiger partial charge in [-0.3, -0.25) is 0 Å². The Morgan fingerprint density at radius 1 is 1.04 bits per heavy atom. The molecule has 0 atom stereocenters. The van der Waals surface area contributed by atoms with E-state index < -0.39 is 0 Å². The average molecular weight is 333 g/mol. The number of nitrogens with one attached hydrogen (secondary N) is 1. The second-order valence-electron chi connectivity index (χ2n) is 5.96. The van der Waals surface area contributed by atoms with Gasteiger partial charge in [0.1, 0.15) is 18.5 Å². The third-order valence-corrected chi connectivity index (χ3v) is 4.27. The van der Waals surface area contributed by atoms with Gasteiger partial charge in [-0.1, -0.05) is 30.3 Å². The first-order valence-electron chi connectivity index (χ1n) is 8.21. The van der Waals surface area contributed by atoms with E-state index in [2.05, 4.69) is 39.7 Å². The normalized spacial score (nSPS) is 11.1. The minimum absolute atomic E-state index is 0.739. The molecule has 0 aliphatic rings. The summed E-state index contributed by atoms with van der Waals surface area (Å²) in [5.41, 5.74) is 4.98. The van der Waals surface area contributed by atoms with Crippen molar-refractivity contribution in [2.45, 2.75) is 20.4 Å². The van der Waals surface area contributed by atoms with Gasteiger partial charge in [0, 0.05) is 30.3 Å². The number of hydrogen-bond acceptors (Lipinski definition) is 5. The summed E-state index contributed by atoms with van der Waals surface area (Å²) in [4.78, 5) is 4.82. The zero-order valence-corrected chi connectivity index (χ0v) is 14.2. The van der Waals surface area contributed by atoms with Crippen LogP contribution in [0.1, 0.15) is 11.3 Å². The van der Waals surface area contributed by atoms with Crippen LogP contribution in [0.2, 0.25) is 0 Å². The Balaban J connectivity index is 1.71. The Morgan fingerprint density at radius 3 is 2.56 bits per heavy atom. The Morgan fingerprint density at radius 2 is 1.80 bits per heavy atom. The van der Waals surface area contributed by atoms with Crippen molar-refractivity contribution < 1.29 is 0 Å². The van der Waals surface area contributed by atoms with Crippen molar-refractivity contribution in [2.24, 2.45) is 0 Å². The van der Waals surface area contributed by atoms with Gasteiger partial charge in [0.15, 0.2) is 5.65 Å². The average Bonchev–Trinajstić information content (AvgIpc) is 3.25. The van der Waals surface area contributed by atoms with Gasteiger partial charge in [0.2, 0.25) is 0 Å². The highest BCUT2D eigenvalue weighted by Gasteiger charge is 2.13. The fourth-order valence-electron chi connectivity index (χ4n) is 2.76. The van der Waals surface area contributed by atoms with Crippen molar-refractivity contribution >= 4 is 11.5 Å². The lowest BCUT2D eigenvalue weighted by molar-refractivity contribution is 0.719. The van der Waals surface area contributed by atoms with Crippen LogP contribution in [0.3, 0.4) is 0 Å². The molecule has 7 nitrogen and oxygen atoms in total. The highest BCUT2D eigenvalue weighted by molar-refractivity contribution is 5.68. The van der Waals surface area contributed by atoms with E-state index in [-0.39, 0.29) is 0 Å². The van der Waals surface area contributed by atoms with Crippen LogP contribution in [0.25, 0.3) is 16.9 Å². The molecule has 1 N–H and O–H groups in total. The highest BCUT2D eigenvalue weighted by atomic mass is 15.3. The molecule has 0 aliphatic heterocycles. The van der Waals surface area contributed by atoms with E-state index in [4.69, 9.17) is 4.98 Å². The molecule has 0 saturated heterocycles. The maximum absolute atomic E-state index is 4.82. The maximum Gasteiger partial charge on any atom is 0.161 e. The van der Waals surface area contributed by atoms with Gasteiger partial charge in [-0.25, -0.2) is 4.98 Å². The number of fused-ring (bicyclic) bond motifs is 1. The first-order chi connectivity index (χ1) is 12.2. The number of nitrogens with zero attached hydrogens (tertiary/aromatic N) is 6. The molecule has 0 spiro atoms. The van der Waals surface area contributed by atoms with Gasteiger partial charge in [-0.15, -0.1) is 10.2 Å². The summed E-state index contributed by atoms with van der Waals surface area (Å²) in [5, 5.41) is 15.7. The molecule has 7 heteroatoms. The third-order valence-electron chi connectivity index (χ3n) is 4.27.